The molecular weight excluding hydrogens is 366 g/mol. The maximum Gasteiger partial charge on any atom is 0.273 e. The third-order valence-corrected chi connectivity index (χ3v) is 5.16. The summed E-state index contributed by atoms with van der Waals surface area (Å²) in [4.78, 5) is 27.8. The molecule has 4 rings (SSSR count). The van der Waals surface area contributed by atoms with Crippen molar-refractivity contribution in [3.8, 4) is 0 Å². The van der Waals surface area contributed by atoms with Crippen molar-refractivity contribution in [2.24, 2.45) is 0 Å². The number of carbonyl (C=O) groups excluding carboxylic acids is 1. The van der Waals surface area contributed by atoms with Gasteiger partial charge in [-0.1, -0.05) is 25.1 Å². The van der Waals surface area contributed by atoms with Gasteiger partial charge in [0.1, 0.15) is 5.82 Å². The lowest BCUT2D eigenvalue weighted by atomic mass is 10.0. The Morgan fingerprint density at radius 3 is 2.76 bits per heavy atom. The Bertz CT molecular complexity index is 1030. The molecule has 8 nitrogen and oxygen atoms in total. The second kappa shape index (κ2) is 8.40. The first-order valence-corrected chi connectivity index (χ1v) is 9.89. The number of nitrogens with zero attached hydrogens (tertiary/aromatic N) is 4. The van der Waals surface area contributed by atoms with Gasteiger partial charge in [0.05, 0.1) is 5.52 Å². The summed E-state index contributed by atoms with van der Waals surface area (Å²) in [5, 5.41) is 7.37. The fourth-order valence-corrected chi connectivity index (χ4v) is 3.64. The van der Waals surface area contributed by atoms with Gasteiger partial charge in [-0.2, -0.15) is 0 Å². The number of anilines is 2. The molecule has 150 valence electrons. The van der Waals surface area contributed by atoms with Crippen molar-refractivity contribution in [3.05, 3.63) is 53.5 Å². The number of aromatic nitrogens is 3. The largest absolute Gasteiger partial charge is 0.382 e. The molecule has 1 amide bonds. The van der Waals surface area contributed by atoms with Crippen LogP contribution in [0.15, 0.2) is 36.7 Å². The fraction of sp³-hybridized carbons (Fsp3) is 0.333. The molecule has 8 heteroatoms. The van der Waals surface area contributed by atoms with Gasteiger partial charge in [-0.15, -0.1) is 0 Å². The Kier molecular flexibility index (Phi) is 5.53. The van der Waals surface area contributed by atoms with Gasteiger partial charge in [-0.25, -0.2) is 15.0 Å². The zero-order valence-electron chi connectivity index (χ0n) is 16.5. The number of rotatable bonds is 5. The monoisotopic (exact) mass is 391 g/mol. The zero-order chi connectivity index (χ0) is 20.2. The molecule has 29 heavy (non-hydrogen) atoms. The van der Waals surface area contributed by atoms with Crippen molar-refractivity contribution >= 4 is 28.4 Å². The number of amides is 1. The van der Waals surface area contributed by atoms with Gasteiger partial charge in [0, 0.05) is 56.1 Å². The number of nitrogens with two attached hydrogens (primary N) is 1. The summed E-state index contributed by atoms with van der Waals surface area (Å²) in [5.41, 5.74) is 9.14. The topological polar surface area (TPSA) is 109 Å². The minimum absolute atomic E-state index is 0.122. The summed E-state index contributed by atoms with van der Waals surface area (Å²) in [6, 6.07) is 8.36. The van der Waals surface area contributed by atoms with Crippen LogP contribution in [0, 0.1) is 0 Å². The van der Waals surface area contributed by atoms with E-state index in [1.165, 1.54) is 18.0 Å². The highest BCUT2D eigenvalue weighted by Gasteiger charge is 2.19. The third kappa shape index (κ3) is 3.97. The van der Waals surface area contributed by atoms with Crippen LogP contribution >= 0.6 is 0 Å². The molecule has 1 aliphatic rings. The third-order valence-electron chi connectivity index (χ3n) is 5.16. The molecule has 0 aliphatic carbocycles. The lowest BCUT2D eigenvalue weighted by Crippen LogP contribution is -2.44. The predicted octanol–water partition coefficient (Wildman–Crippen LogP) is 1.51. The molecule has 2 aromatic heterocycles. The molecule has 1 aliphatic heterocycles. The van der Waals surface area contributed by atoms with Crippen molar-refractivity contribution in [2.75, 3.05) is 36.8 Å². The van der Waals surface area contributed by atoms with Crippen LogP contribution in [-0.2, 0) is 13.0 Å². The van der Waals surface area contributed by atoms with E-state index in [2.05, 4.69) is 56.7 Å². The van der Waals surface area contributed by atoms with Crippen LogP contribution in [0.4, 0.5) is 11.6 Å². The van der Waals surface area contributed by atoms with Crippen LogP contribution in [0.5, 0.6) is 0 Å². The quantitative estimate of drug-likeness (QED) is 0.605. The van der Waals surface area contributed by atoms with Crippen LogP contribution < -0.4 is 21.3 Å². The molecule has 1 saturated heterocycles. The SMILES string of the molecule is CCc1cccc2cc(CNC(=O)c3nccnc3N)c(N3CCNCC3)nc12. The molecule has 4 N–H and O–H groups in total. The molecule has 0 atom stereocenters. The van der Waals surface area contributed by atoms with E-state index in [0.29, 0.717) is 6.54 Å². The van der Waals surface area contributed by atoms with Gasteiger partial charge in [-0.3, -0.25) is 4.79 Å². The highest BCUT2D eigenvalue weighted by atomic mass is 16.1. The molecular formula is C21H25N7O. The van der Waals surface area contributed by atoms with Crippen LogP contribution in [0.3, 0.4) is 0 Å². The fourth-order valence-electron chi connectivity index (χ4n) is 3.64. The van der Waals surface area contributed by atoms with Gasteiger partial charge < -0.3 is 21.3 Å². The Morgan fingerprint density at radius 2 is 2.00 bits per heavy atom. The van der Waals surface area contributed by atoms with Crippen molar-refractivity contribution in [1.29, 1.82) is 0 Å². The van der Waals surface area contributed by atoms with Crippen molar-refractivity contribution in [1.82, 2.24) is 25.6 Å². The van der Waals surface area contributed by atoms with E-state index < -0.39 is 0 Å². The summed E-state index contributed by atoms with van der Waals surface area (Å²) in [5.74, 6) is 0.702. The first kappa shape index (κ1) is 19.1. The van der Waals surface area contributed by atoms with E-state index >= 15 is 0 Å². The van der Waals surface area contributed by atoms with Gasteiger partial charge in [-0.05, 0) is 18.1 Å². The summed E-state index contributed by atoms with van der Waals surface area (Å²) >= 11 is 0. The maximum atomic E-state index is 12.6. The number of piperazine rings is 1. The van der Waals surface area contributed by atoms with Crippen LogP contribution in [0.25, 0.3) is 10.9 Å². The number of benzene rings is 1. The smallest absolute Gasteiger partial charge is 0.273 e. The van der Waals surface area contributed by atoms with Gasteiger partial charge in [0.25, 0.3) is 5.91 Å². The number of carbonyl (C=O) groups is 1. The molecule has 3 aromatic rings. The number of hydrogen-bond donors (Lipinski definition) is 3. The van der Waals surface area contributed by atoms with Crippen LogP contribution in [0.1, 0.15) is 28.5 Å². The molecule has 0 saturated carbocycles. The molecule has 3 heterocycles. The molecule has 1 fully saturated rings. The predicted molar refractivity (Wildman–Crippen MR) is 114 cm³/mol. The van der Waals surface area contributed by atoms with Gasteiger partial charge >= 0.3 is 0 Å². The number of nitrogen functional groups attached to an aromatic ring is 1. The second-order valence-corrected chi connectivity index (χ2v) is 7.02. The van der Waals surface area contributed by atoms with E-state index in [0.717, 1.165) is 54.9 Å². The first-order valence-electron chi connectivity index (χ1n) is 9.89. The molecule has 1 aromatic carbocycles. The normalized spacial score (nSPS) is 14.2. The Morgan fingerprint density at radius 1 is 1.21 bits per heavy atom. The highest BCUT2D eigenvalue weighted by Crippen LogP contribution is 2.26. The maximum absolute atomic E-state index is 12.6. The number of hydrogen-bond acceptors (Lipinski definition) is 7. The molecule has 0 radical (unpaired) electrons. The minimum atomic E-state index is -0.343. The Labute approximate surface area is 169 Å². The van der Waals surface area contributed by atoms with Gasteiger partial charge in [0.15, 0.2) is 11.5 Å². The lowest BCUT2D eigenvalue weighted by molar-refractivity contribution is 0.0946. The average molecular weight is 391 g/mol. The number of nitrogens with one attached hydrogen (secondary N) is 2. The van der Waals surface area contributed by atoms with Gasteiger partial charge in [0.2, 0.25) is 0 Å². The van der Waals surface area contributed by atoms with Crippen molar-refractivity contribution < 1.29 is 4.79 Å². The minimum Gasteiger partial charge on any atom is -0.382 e. The Hall–Kier alpha value is -3.26. The number of aryl methyl sites for hydroxylation is 1. The first-order chi connectivity index (χ1) is 14.2. The lowest BCUT2D eigenvalue weighted by Gasteiger charge is -2.30. The standard InChI is InChI=1S/C21H25N7O/c1-2-14-4-3-5-15-12-16(13-26-21(29)18-19(22)25-7-6-24-18)20(27-17(14)15)28-10-8-23-9-11-28/h3-7,12,23H,2,8-11,13H2,1H3,(H2,22,25)(H,26,29). The summed E-state index contributed by atoms with van der Waals surface area (Å²) in [6.45, 7) is 6.07. The number of fused-ring (bicyclic) bond motifs is 1. The molecule has 0 unspecified atom stereocenters. The number of para-hydroxylation sites is 1. The van der Waals surface area contributed by atoms with E-state index in [9.17, 15) is 4.79 Å². The van der Waals surface area contributed by atoms with E-state index in [1.54, 1.807) is 0 Å². The van der Waals surface area contributed by atoms with Crippen molar-refractivity contribution in [2.45, 2.75) is 19.9 Å². The molecule has 0 bridgehead atoms. The second-order valence-electron chi connectivity index (χ2n) is 7.02. The summed E-state index contributed by atoms with van der Waals surface area (Å²) in [7, 11) is 0. The van der Waals surface area contributed by atoms with Crippen LogP contribution in [-0.4, -0.2) is 47.0 Å². The van der Waals surface area contributed by atoms with E-state index in [-0.39, 0.29) is 17.4 Å². The summed E-state index contributed by atoms with van der Waals surface area (Å²) in [6.07, 6.45) is 3.85. The molecule has 0 spiro atoms. The Balaban J connectivity index is 1.68. The van der Waals surface area contributed by atoms with Crippen LogP contribution in [0.2, 0.25) is 0 Å². The summed E-state index contributed by atoms with van der Waals surface area (Å²) < 4.78 is 0. The highest BCUT2D eigenvalue weighted by molar-refractivity contribution is 5.96. The van der Waals surface area contributed by atoms with E-state index in [1.807, 2.05) is 0 Å². The number of pyridine rings is 1. The zero-order valence-corrected chi connectivity index (χ0v) is 16.5. The van der Waals surface area contributed by atoms with E-state index in [4.69, 9.17) is 10.7 Å². The average Bonchev–Trinajstić information content (AvgIpc) is 2.77. The van der Waals surface area contributed by atoms with Crippen molar-refractivity contribution in [3.63, 3.8) is 0 Å².